The van der Waals surface area contributed by atoms with E-state index in [2.05, 4.69) is 15.5 Å². The average Bonchev–Trinajstić information content (AvgIpc) is 3.36. The van der Waals surface area contributed by atoms with Crippen molar-refractivity contribution in [3.8, 4) is 0 Å². The number of esters is 1. The molecule has 1 unspecified atom stereocenters. The van der Waals surface area contributed by atoms with Crippen LogP contribution < -0.4 is 5.32 Å². The van der Waals surface area contributed by atoms with Gasteiger partial charge >= 0.3 is 5.97 Å². The lowest BCUT2D eigenvalue weighted by molar-refractivity contribution is -0.139. The molecular weight excluding hydrogens is 468 g/mol. The molecule has 0 aromatic carbocycles. The third-order valence-corrected chi connectivity index (χ3v) is 9.60. The predicted octanol–water partition coefficient (Wildman–Crippen LogP) is 2.60. The molecule has 13 heteroatoms. The van der Waals surface area contributed by atoms with Gasteiger partial charge in [-0.15, -0.1) is 21.5 Å². The number of aryl methyl sites for hydroxylation is 1. The third-order valence-electron chi connectivity index (χ3n) is 4.32. The maximum atomic E-state index is 12.8. The van der Waals surface area contributed by atoms with E-state index in [1.807, 2.05) is 6.92 Å². The molecule has 1 amide bonds. The van der Waals surface area contributed by atoms with Crippen LogP contribution in [0.25, 0.3) is 0 Å². The number of thioether (sulfide) groups is 1. The molecule has 1 atom stereocenters. The van der Waals surface area contributed by atoms with Crippen LogP contribution in [-0.4, -0.2) is 60.2 Å². The van der Waals surface area contributed by atoms with Crippen molar-refractivity contribution in [2.24, 2.45) is 5.92 Å². The highest BCUT2D eigenvalue weighted by atomic mass is 32.2. The molecule has 0 bridgehead atoms. The summed E-state index contributed by atoms with van der Waals surface area (Å²) in [6.07, 6.45) is 1.21. The number of amides is 1. The van der Waals surface area contributed by atoms with Crippen molar-refractivity contribution in [2.45, 2.75) is 35.2 Å². The first kappa shape index (κ1) is 23.1. The van der Waals surface area contributed by atoms with Gasteiger partial charge in [-0.1, -0.05) is 23.1 Å². The summed E-state index contributed by atoms with van der Waals surface area (Å²) < 4.78 is 32.8. The summed E-state index contributed by atoms with van der Waals surface area (Å²) in [4.78, 5) is 25.0. The zero-order chi connectivity index (χ0) is 21.7. The topological polar surface area (TPSA) is 119 Å². The Kier molecular flexibility index (Phi) is 7.85. The number of hydrogen-bond donors (Lipinski definition) is 1. The summed E-state index contributed by atoms with van der Waals surface area (Å²) in [7, 11) is -3.60. The van der Waals surface area contributed by atoms with Gasteiger partial charge in [0, 0.05) is 18.0 Å². The molecule has 3 rings (SSSR count). The molecule has 1 aliphatic heterocycles. The molecule has 1 N–H and O–H groups in total. The number of anilines is 1. The van der Waals surface area contributed by atoms with Crippen molar-refractivity contribution in [1.82, 2.24) is 14.5 Å². The van der Waals surface area contributed by atoms with Gasteiger partial charge in [-0.05, 0) is 38.8 Å². The fourth-order valence-corrected chi connectivity index (χ4v) is 7.42. The number of carbonyl (C=O) groups is 2. The third kappa shape index (κ3) is 5.78. The molecular formula is C17H22N4O5S4. The Balaban J connectivity index is 1.57. The summed E-state index contributed by atoms with van der Waals surface area (Å²) >= 11 is 3.58. The summed E-state index contributed by atoms with van der Waals surface area (Å²) in [6, 6.07) is 3.38. The minimum atomic E-state index is -3.60. The molecule has 30 heavy (non-hydrogen) atoms. The molecule has 9 nitrogen and oxygen atoms in total. The lowest BCUT2D eigenvalue weighted by Gasteiger charge is -2.30. The first-order valence-corrected chi connectivity index (χ1v) is 13.3. The maximum Gasteiger partial charge on any atom is 0.316 e. The smallest absolute Gasteiger partial charge is 0.316 e. The molecule has 0 saturated carbocycles. The van der Waals surface area contributed by atoms with Crippen molar-refractivity contribution in [3.05, 3.63) is 17.0 Å². The quantitative estimate of drug-likeness (QED) is 0.341. The highest BCUT2D eigenvalue weighted by molar-refractivity contribution is 8.01. The SMILES string of the molecule is CCOC(=O)CSc1nnc(NC(=O)C2CCCN(S(=O)(=O)c3ccc(C)s3)C2)s1. The Hall–Kier alpha value is -1.54. The van der Waals surface area contributed by atoms with Crippen molar-refractivity contribution < 1.29 is 22.7 Å². The second kappa shape index (κ2) is 10.2. The number of carbonyl (C=O) groups excluding carboxylic acids is 2. The van der Waals surface area contributed by atoms with Gasteiger partial charge in [0.1, 0.15) is 4.21 Å². The van der Waals surface area contributed by atoms with Crippen molar-refractivity contribution in [3.63, 3.8) is 0 Å². The fraction of sp³-hybridized carbons (Fsp3) is 0.529. The lowest BCUT2D eigenvalue weighted by atomic mass is 9.99. The molecule has 1 aliphatic rings. The minimum absolute atomic E-state index is 0.119. The molecule has 3 heterocycles. The van der Waals surface area contributed by atoms with Crippen molar-refractivity contribution in [2.75, 3.05) is 30.8 Å². The van der Waals surface area contributed by atoms with Gasteiger partial charge < -0.3 is 10.1 Å². The van der Waals surface area contributed by atoms with E-state index in [1.54, 1.807) is 19.1 Å². The Morgan fingerprint density at radius 2 is 2.13 bits per heavy atom. The van der Waals surface area contributed by atoms with Crippen LogP contribution in [0.1, 0.15) is 24.6 Å². The lowest BCUT2D eigenvalue weighted by Crippen LogP contribution is -2.43. The van der Waals surface area contributed by atoms with Crippen LogP contribution in [0.4, 0.5) is 5.13 Å². The maximum absolute atomic E-state index is 12.8. The molecule has 2 aromatic rings. The number of rotatable bonds is 8. The fourth-order valence-electron chi connectivity index (χ4n) is 2.90. The molecule has 1 saturated heterocycles. The summed E-state index contributed by atoms with van der Waals surface area (Å²) in [6.45, 7) is 4.44. The summed E-state index contributed by atoms with van der Waals surface area (Å²) in [5, 5.41) is 10.9. The van der Waals surface area contributed by atoms with E-state index in [9.17, 15) is 18.0 Å². The Labute approximate surface area is 187 Å². The predicted molar refractivity (Wildman–Crippen MR) is 116 cm³/mol. The summed E-state index contributed by atoms with van der Waals surface area (Å²) in [5.74, 6) is -0.967. The number of nitrogens with one attached hydrogen (secondary N) is 1. The summed E-state index contributed by atoms with van der Waals surface area (Å²) in [5.41, 5.74) is 0. The number of nitrogens with zero attached hydrogens (tertiary/aromatic N) is 3. The van der Waals surface area contributed by atoms with E-state index in [0.29, 0.717) is 39.7 Å². The second-order valence-electron chi connectivity index (χ2n) is 6.52. The van der Waals surface area contributed by atoms with Gasteiger partial charge in [0.05, 0.1) is 18.3 Å². The number of ether oxygens (including phenoxy) is 1. The molecule has 0 spiro atoms. The van der Waals surface area contributed by atoms with Gasteiger partial charge in [-0.25, -0.2) is 8.42 Å². The normalized spacial score (nSPS) is 17.6. The standard InChI is InChI=1S/C17H22N4O5S4/c1-3-26-13(22)10-27-17-20-19-16(29-17)18-15(23)12-5-4-8-21(9-12)30(24,25)14-7-6-11(2)28-14/h6-7,12H,3-5,8-10H2,1-2H3,(H,18,19,23). The van der Waals surface area contributed by atoms with Crippen molar-refractivity contribution >= 4 is 61.5 Å². The largest absolute Gasteiger partial charge is 0.465 e. The number of thiophene rings is 1. The van der Waals surface area contributed by atoms with E-state index >= 15 is 0 Å². The zero-order valence-corrected chi connectivity index (χ0v) is 19.8. The van der Waals surface area contributed by atoms with Crippen LogP contribution in [0.5, 0.6) is 0 Å². The molecule has 164 valence electrons. The molecule has 2 aromatic heterocycles. The van der Waals surface area contributed by atoms with E-state index in [-0.39, 0.29) is 24.2 Å². The molecule has 1 fully saturated rings. The van der Waals surface area contributed by atoms with Gasteiger partial charge in [-0.2, -0.15) is 4.31 Å². The van der Waals surface area contributed by atoms with E-state index < -0.39 is 15.9 Å². The van der Waals surface area contributed by atoms with Crippen LogP contribution in [0, 0.1) is 12.8 Å². The van der Waals surface area contributed by atoms with Gasteiger partial charge in [-0.3, -0.25) is 9.59 Å². The van der Waals surface area contributed by atoms with Crippen LogP contribution in [0.3, 0.4) is 0 Å². The monoisotopic (exact) mass is 490 g/mol. The number of piperidine rings is 1. The number of sulfonamides is 1. The van der Waals surface area contributed by atoms with E-state index in [0.717, 1.165) is 16.2 Å². The van der Waals surface area contributed by atoms with Gasteiger partial charge in [0.25, 0.3) is 10.0 Å². The Bertz CT molecular complexity index is 1000. The number of hydrogen-bond acceptors (Lipinski definition) is 10. The first-order valence-electron chi connectivity index (χ1n) is 9.29. The van der Waals surface area contributed by atoms with Crippen LogP contribution in [0.15, 0.2) is 20.7 Å². The van der Waals surface area contributed by atoms with Crippen LogP contribution in [-0.2, 0) is 24.3 Å². The van der Waals surface area contributed by atoms with Crippen LogP contribution >= 0.6 is 34.4 Å². The second-order valence-corrected chi connectivity index (χ2v) is 12.2. The minimum Gasteiger partial charge on any atom is -0.465 e. The molecule has 0 aliphatic carbocycles. The van der Waals surface area contributed by atoms with E-state index in [4.69, 9.17) is 4.74 Å². The van der Waals surface area contributed by atoms with E-state index in [1.165, 1.54) is 27.4 Å². The highest BCUT2D eigenvalue weighted by Crippen LogP contribution is 2.30. The van der Waals surface area contributed by atoms with Gasteiger partial charge in [0.15, 0.2) is 4.34 Å². The van der Waals surface area contributed by atoms with Crippen LogP contribution in [0.2, 0.25) is 0 Å². The van der Waals surface area contributed by atoms with Gasteiger partial charge in [0.2, 0.25) is 11.0 Å². The zero-order valence-electron chi connectivity index (χ0n) is 16.5. The Morgan fingerprint density at radius 3 is 2.83 bits per heavy atom. The number of aromatic nitrogens is 2. The highest BCUT2D eigenvalue weighted by Gasteiger charge is 2.34. The molecule has 0 radical (unpaired) electrons. The average molecular weight is 491 g/mol. The first-order chi connectivity index (χ1) is 14.3. The Morgan fingerprint density at radius 1 is 1.33 bits per heavy atom. The van der Waals surface area contributed by atoms with Crippen molar-refractivity contribution in [1.29, 1.82) is 0 Å².